The molecule has 3 aliphatic heterocycles. The summed E-state index contributed by atoms with van der Waals surface area (Å²) in [5.74, 6) is 0. The lowest BCUT2D eigenvalue weighted by Crippen LogP contribution is -2.66. The molecule has 2 atom stereocenters. The average Bonchev–Trinajstić information content (AvgIpc) is 2.84. The number of thiazole rings is 1. The Morgan fingerprint density at radius 2 is 2.11 bits per heavy atom. The molecule has 0 saturated carbocycles. The monoisotopic (exact) mass is 309 g/mol. The summed E-state index contributed by atoms with van der Waals surface area (Å²) in [4.78, 5) is 5.99. The largest absolute Gasteiger partial charge is 0.434 e. The van der Waals surface area contributed by atoms with Crippen molar-refractivity contribution in [2.75, 3.05) is 19.3 Å². The summed E-state index contributed by atoms with van der Waals surface area (Å²) in [6.45, 7) is 2.54. The van der Waals surface area contributed by atoms with Crippen LogP contribution in [-0.4, -0.2) is 45.6 Å². The molecule has 106 valence electrons. The maximum atomic E-state index is 12.5. The van der Waals surface area contributed by atoms with Gasteiger partial charge in [-0.3, -0.25) is 4.90 Å². The van der Waals surface area contributed by atoms with Crippen molar-refractivity contribution in [3.05, 3.63) is 16.1 Å². The van der Waals surface area contributed by atoms with Crippen LogP contribution < -0.4 is 0 Å². The second-order valence-electron chi connectivity index (χ2n) is 4.87. The second-order valence-corrected chi connectivity index (χ2v) is 6.69. The molecular formula is C11H14F3N3S2. The summed E-state index contributed by atoms with van der Waals surface area (Å²) in [6.07, 6.45) is -1.10. The van der Waals surface area contributed by atoms with Gasteiger partial charge in [-0.25, -0.2) is 9.29 Å². The Hall–Kier alpha value is -0.310. The maximum absolute atomic E-state index is 12.5. The quantitative estimate of drug-likeness (QED) is 0.799. The summed E-state index contributed by atoms with van der Waals surface area (Å²) in [5.41, 5.74) is -0.760. The van der Waals surface area contributed by atoms with Crippen LogP contribution in [0.3, 0.4) is 0 Å². The third-order valence-electron chi connectivity index (χ3n) is 3.73. The number of nitrogens with zero attached hydrogens (tertiary/aromatic N) is 3. The molecule has 1 aromatic heterocycles. The molecule has 0 N–H and O–H groups in total. The predicted octanol–water partition coefficient (Wildman–Crippen LogP) is 2.70. The average molecular weight is 309 g/mol. The molecule has 4 heterocycles. The molecule has 0 aromatic carbocycles. The number of piperidine rings is 1. The lowest BCUT2D eigenvalue weighted by Gasteiger charge is -2.55. The molecule has 1 aromatic rings. The number of halogens is 3. The zero-order valence-electron chi connectivity index (χ0n) is 10.4. The molecule has 0 radical (unpaired) electrons. The van der Waals surface area contributed by atoms with Gasteiger partial charge in [0.15, 0.2) is 5.69 Å². The van der Waals surface area contributed by atoms with Gasteiger partial charge in [0, 0.05) is 30.6 Å². The number of hydrogen-bond acceptors (Lipinski definition) is 5. The van der Waals surface area contributed by atoms with Gasteiger partial charge in [-0.1, -0.05) is 11.9 Å². The van der Waals surface area contributed by atoms with E-state index in [-0.39, 0.29) is 0 Å². The van der Waals surface area contributed by atoms with Gasteiger partial charge in [0.1, 0.15) is 5.01 Å². The first-order valence-corrected chi connectivity index (χ1v) is 8.10. The van der Waals surface area contributed by atoms with Gasteiger partial charge in [0.05, 0.1) is 6.54 Å². The zero-order chi connectivity index (χ0) is 13.6. The van der Waals surface area contributed by atoms with Gasteiger partial charge in [-0.2, -0.15) is 13.2 Å². The number of aromatic nitrogens is 1. The second kappa shape index (κ2) is 4.91. The van der Waals surface area contributed by atoms with Crippen molar-refractivity contribution < 1.29 is 13.2 Å². The minimum Gasteiger partial charge on any atom is -0.288 e. The van der Waals surface area contributed by atoms with E-state index in [9.17, 15) is 13.2 Å². The topological polar surface area (TPSA) is 19.4 Å². The molecule has 0 spiro atoms. The number of piperazine rings is 1. The van der Waals surface area contributed by atoms with E-state index < -0.39 is 11.9 Å². The SMILES string of the molecule is CSN1CC2CC(C1)N2Cc1nc(C(F)(F)F)cs1. The Balaban J connectivity index is 1.63. The Kier molecular flexibility index (Phi) is 3.53. The first kappa shape index (κ1) is 13.7. The molecule has 4 rings (SSSR count). The normalized spacial score (nSPS) is 28.4. The lowest BCUT2D eigenvalue weighted by atomic mass is 9.89. The molecule has 2 unspecified atom stereocenters. The van der Waals surface area contributed by atoms with E-state index in [2.05, 4.69) is 20.4 Å². The summed E-state index contributed by atoms with van der Waals surface area (Å²) < 4.78 is 39.8. The van der Waals surface area contributed by atoms with Gasteiger partial charge >= 0.3 is 6.18 Å². The molecule has 0 amide bonds. The van der Waals surface area contributed by atoms with Gasteiger partial charge in [0.2, 0.25) is 0 Å². The maximum Gasteiger partial charge on any atom is 0.434 e. The molecule has 2 bridgehead atoms. The fourth-order valence-corrected chi connectivity index (χ4v) is 4.18. The van der Waals surface area contributed by atoms with Gasteiger partial charge < -0.3 is 0 Å². The van der Waals surface area contributed by atoms with Crippen molar-refractivity contribution in [1.29, 1.82) is 0 Å². The van der Waals surface area contributed by atoms with Crippen molar-refractivity contribution >= 4 is 23.3 Å². The fourth-order valence-electron chi connectivity index (χ4n) is 2.73. The molecule has 3 aliphatic rings. The van der Waals surface area contributed by atoms with Crippen LogP contribution in [0.1, 0.15) is 17.1 Å². The molecular weight excluding hydrogens is 295 g/mol. The smallest absolute Gasteiger partial charge is 0.288 e. The third kappa shape index (κ3) is 2.63. The van der Waals surface area contributed by atoms with Crippen LogP contribution in [0.15, 0.2) is 5.38 Å². The van der Waals surface area contributed by atoms with E-state index in [1.807, 2.05) is 0 Å². The highest BCUT2D eigenvalue weighted by atomic mass is 32.2. The highest BCUT2D eigenvalue weighted by Gasteiger charge is 2.44. The van der Waals surface area contributed by atoms with E-state index >= 15 is 0 Å². The van der Waals surface area contributed by atoms with Crippen molar-refractivity contribution in [3.63, 3.8) is 0 Å². The van der Waals surface area contributed by atoms with E-state index in [0.29, 0.717) is 23.6 Å². The molecule has 0 aliphatic carbocycles. The zero-order valence-corrected chi connectivity index (χ0v) is 12.0. The van der Waals surface area contributed by atoms with Crippen molar-refractivity contribution in [1.82, 2.24) is 14.2 Å². The molecule has 3 nitrogen and oxygen atoms in total. The fraction of sp³-hybridized carbons (Fsp3) is 0.727. The Morgan fingerprint density at radius 1 is 1.42 bits per heavy atom. The van der Waals surface area contributed by atoms with Gasteiger partial charge in [-0.15, -0.1) is 11.3 Å². The molecule has 19 heavy (non-hydrogen) atoms. The standard InChI is InChI=1S/C11H14F3N3S2/c1-18-16-3-7-2-8(4-16)17(7)5-10-15-9(6-19-10)11(12,13)14/h6-8H,2-5H2,1H3. The van der Waals surface area contributed by atoms with Crippen LogP contribution in [0, 0.1) is 0 Å². The van der Waals surface area contributed by atoms with E-state index in [1.165, 1.54) is 0 Å². The predicted molar refractivity (Wildman–Crippen MR) is 69.9 cm³/mol. The highest BCUT2D eigenvalue weighted by molar-refractivity contribution is 7.96. The van der Waals surface area contributed by atoms with Crippen molar-refractivity contribution in [2.24, 2.45) is 0 Å². The van der Waals surface area contributed by atoms with Crippen LogP contribution in [0.25, 0.3) is 0 Å². The Morgan fingerprint density at radius 3 is 2.63 bits per heavy atom. The van der Waals surface area contributed by atoms with Gasteiger partial charge in [-0.05, 0) is 12.7 Å². The van der Waals surface area contributed by atoms with E-state index in [4.69, 9.17) is 0 Å². The van der Waals surface area contributed by atoms with E-state index in [0.717, 1.165) is 36.2 Å². The number of alkyl halides is 3. The van der Waals surface area contributed by atoms with Crippen LogP contribution in [-0.2, 0) is 12.7 Å². The molecule has 8 heteroatoms. The summed E-state index contributed by atoms with van der Waals surface area (Å²) in [7, 11) is 0. The number of fused-ring (bicyclic) bond motifs is 2. The van der Waals surface area contributed by atoms with Crippen LogP contribution in [0.5, 0.6) is 0 Å². The number of hydrogen-bond donors (Lipinski definition) is 0. The van der Waals surface area contributed by atoms with Crippen LogP contribution in [0.4, 0.5) is 13.2 Å². The van der Waals surface area contributed by atoms with Crippen molar-refractivity contribution in [2.45, 2.75) is 31.2 Å². The van der Waals surface area contributed by atoms with Crippen molar-refractivity contribution in [3.8, 4) is 0 Å². The third-order valence-corrected chi connectivity index (χ3v) is 5.38. The van der Waals surface area contributed by atoms with Crippen LogP contribution >= 0.6 is 23.3 Å². The van der Waals surface area contributed by atoms with Crippen LogP contribution in [0.2, 0.25) is 0 Å². The number of rotatable bonds is 3. The molecule has 3 fully saturated rings. The minimum absolute atomic E-state index is 0.476. The van der Waals surface area contributed by atoms with Gasteiger partial charge in [0.25, 0.3) is 0 Å². The summed E-state index contributed by atoms with van der Waals surface area (Å²) in [6, 6.07) is 0.953. The Labute approximate surface area is 117 Å². The van der Waals surface area contributed by atoms with E-state index in [1.54, 1.807) is 11.9 Å². The first-order chi connectivity index (χ1) is 8.97. The summed E-state index contributed by atoms with van der Waals surface area (Å²) >= 11 is 2.85. The lowest BCUT2D eigenvalue weighted by molar-refractivity contribution is -0.140. The highest BCUT2D eigenvalue weighted by Crippen LogP contribution is 2.37. The molecule has 3 saturated heterocycles. The first-order valence-electron chi connectivity index (χ1n) is 6.04. The Bertz CT molecular complexity index is 450. The minimum atomic E-state index is -4.32. The summed E-state index contributed by atoms with van der Waals surface area (Å²) in [5, 5.41) is 1.68.